The predicted molar refractivity (Wildman–Crippen MR) is 104 cm³/mol. The third-order valence-electron chi connectivity index (χ3n) is 4.67. The third-order valence-corrected chi connectivity index (χ3v) is 7.82. The molecule has 6 nitrogen and oxygen atoms in total. The van der Waals surface area contributed by atoms with Crippen LogP contribution in [0.15, 0.2) is 53.4 Å². The molecule has 0 fully saturated rings. The van der Waals surface area contributed by atoms with Gasteiger partial charge in [-0.25, -0.2) is 21.6 Å². The lowest BCUT2D eigenvalue weighted by atomic mass is 10.1. The average Bonchev–Trinajstić information content (AvgIpc) is 3.04. The van der Waals surface area contributed by atoms with Crippen LogP contribution in [0.3, 0.4) is 0 Å². The minimum Gasteiger partial charge on any atom is -0.493 e. The molecule has 1 N–H and O–H groups in total. The number of fused-ring (bicyclic) bond motifs is 1. The van der Waals surface area contributed by atoms with Crippen molar-refractivity contribution in [2.24, 2.45) is 0 Å². The fourth-order valence-corrected chi connectivity index (χ4v) is 4.96. The first kappa shape index (κ1) is 19.9. The molecule has 0 bridgehead atoms. The lowest BCUT2D eigenvalue weighted by molar-refractivity contribution is 0.340. The topological polar surface area (TPSA) is 89.5 Å². The van der Waals surface area contributed by atoms with Crippen LogP contribution in [0.25, 0.3) is 0 Å². The van der Waals surface area contributed by atoms with Gasteiger partial charge in [-0.05, 0) is 48.2 Å². The quantitative estimate of drug-likeness (QED) is 0.723. The normalized spacial score (nSPS) is 16.9. The van der Waals surface area contributed by atoms with Crippen molar-refractivity contribution < 1.29 is 21.6 Å². The standard InChI is InChI=1S/C19H23NO5S2/c1-2-26(21,22)14-13-25-16-8-10-17(11-9-16)27(23,24)20-19-12-7-15-5-3-4-6-18(15)19/h3-6,8-11,19-20H,2,7,12-14H2,1H3. The summed E-state index contributed by atoms with van der Waals surface area (Å²) in [6.07, 6.45) is 1.60. The van der Waals surface area contributed by atoms with E-state index >= 15 is 0 Å². The van der Waals surface area contributed by atoms with Crippen LogP contribution in [-0.2, 0) is 26.3 Å². The second kappa shape index (κ2) is 8.00. The summed E-state index contributed by atoms with van der Waals surface area (Å²) in [4.78, 5) is 0.153. The molecule has 1 aliphatic rings. The Balaban J connectivity index is 1.64. The molecule has 0 spiro atoms. The van der Waals surface area contributed by atoms with Gasteiger partial charge in [0.05, 0.1) is 10.6 Å². The maximum atomic E-state index is 12.7. The summed E-state index contributed by atoms with van der Waals surface area (Å²) in [5.41, 5.74) is 2.20. The SMILES string of the molecule is CCS(=O)(=O)CCOc1ccc(S(=O)(=O)NC2CCc3ccccc32)cc1. The van der Waals surface area contributed by atoms with E-state index in [1.807, 2.05) is 24.3 Å². The summed E-state index contributed by atoms with van der Waals surface area (Å²) >= 11 is 0. The van der Waals surface area contributed by atoms with E-state index in [-0.39, 0.29) is 29.0 Å². The van der Waals surface area contributed by atoms with Crippen molar-refractivity contribution in [3.8, 4) is 5.75 Å². The van der Waals surface area contributed by atoms with Crippen molar-refractivity contribution >= 4 is 19.9 Å². The molecule has 0 saturated carbocycles. The molecule has 0 saturated heterocycles. The lowest BCUT2D eigenvalue weighted by Gasteiger charge is -2.15. The molecule has 3 rings (SSSR count). The largest absolute Gasteiger partial charge is 0.493 e. The number of hydrogen-bond donors (Lipinski definition) is 1. The van der Waals surface area contributed by atoms with Gasteiger partial charge in [0, 0.05) is 11.8 Å². The highest BCUT2D eigenvalue weighted by Crippen LogP contribution is 2.32. The van der Waals surface area contributed by atoms with Crippen LogP contribution >= 0.6 is 0 Å². The molecule has 0 aromatic heterocycles. The molecule has 1 atom stereocenters. The van der Waals surface area contributed by atoms with Crippen LogP contribution in [0.2, 0.25) is 0 Å². The summed E-state index contributed by atoms with van der Waals surface area (Å²) in [6, 6.07) is 13.6. The first-order valence-electron chi connectivity index (χ1n) is 8.84. The molecule has 2 aromatic carbocycles. The minimum absolute atomic E-state index is 0.0410. The first-order chi connectivity index (χ1) is 12.8. The van der Waals surface area contributed by atoms with E-state index in [1.165, 1.54) is 29.8 Å². The Morgan fingerprint density at radius 3 is 2.44 bits per heavy atom. The summed E-state index contributed by atoms with van der Waals surface area (Å²) in [7, 11) is -6.74. The maximum absolute atomic E-state index is 12.7. The molecule has 0 aliphatic heterocycles. The van der Waals surface area contributed by atoms with Crippen LogP contribution in [0.4, 0.5) is 0 Å². The van der Waals surface area contributed by atoms with Gasteiger partial charge in [0.1, 0.15) is 12.4 Å². The van der Waals surface area contributed by atoms with E-state index in [0.29, 0.717) is 5.75 Å². The number of nitrogens with one attached hydrogen (secondary N) is 1. The van der Waals surface area contributed by atoms with Crippen LogP contribution in [0.5, 0.6) is 5.75 Å². The maximum Gasteiger partial charge on any atom is 0.241 e. The Labute approximate surface area is 160 Å². The molecule has 0 heterocycles. The number of sulfonamides is 1. The Bertz CT molecular complexity index is 999. The van der Waals surface area contributed by atoms with Gasteiger partial charge in [0.25, 0.3) is 0 Å². The van der Waals surface area contributed by atoms with Crippen molar-refractivity contribution in [1.29, 1.82) is 0 Å². The van der Waals surface area contributed by atoms with Gasteiger partial charge in [-0.3, -0.25) is 0 Å². The van der Waals surface area contributed by atoms with Gasteiger partial charge in [0.15, 0.2) is 9.84 Å². The van der Waals surface area contributed by atoms with Gasteiger partial charge in [0.2, 0.25) is 10.0 Å². The number of ether oxygens (including phenoxy) is 1. The zero-order valence-electron chi connectivity index (χ0n) is 15.1. The third kappa shape index (κ3) is 4.88. The fourth-order valence-electron chi connectivity index (χ4n) is 3.08. The van der Waals surface area contributed by atoms with Crippen molar-refractivity contribution in [3.05, 3.63) is 59.7 Å². The summed E-state index contributed by atoms with van der Waals surface area (Å²) in [6.45, 7) is 1.63. The Hall–Kier alpha value is -1.90. The van der Waals surface area contributed by atoms with E-state index in [0.717, 1.165) is 18.4 Å². The van der Waals surface area contributed by atoms with Crippen LogP contribution in [-0.4, -0.2) is 34.9 Å². The highest BCUT2D eigenvalue weighted by molar-refractivity contribution is 7.91. The van der Waals surface area contributed by atoms with Crippen molar-refractivity contribution in [2.75, 3.05) is 18.1 Å². The highest BCUT2D eigenvalue weighted by atomic mass is 32.2. The Morgan fingerprint density at radius 1 is 1.04 bits per heavy atom. The van der Waals surface area contributed by atoms with Gasteiger partial charge >= 0.3 is 0 Å². The monoisotopic (exact) mass is 409 g/mol. The average molecular weight is 410 g/mol. The zero-order chi connectivity index (χ0) is 19.5. The summed E-state index contributed by atoms with van der Waals surface area (Å²) < 4.78 is 56.4. The molecular weight excluding hydrogens is 386 g/mol. The molecule has 8 heteroatoms. The van der Waals surface area contributed by atoms with Gasteiger partial charge in [-0.2, -0.15) is 0 Å². The smallest absolute Gasteiger partial charge is 0.241 e. The minimum atomic E-state index is -3.65. The molecule has 1 aliphatic carbocycles. The second-order valence-electron chi connectivity index (χ2n) is 6.47. The van der Waals surface area contributed by atoms with Gasteiger partial charge in [-0.15, -0.1) is 0 Å². The number of aryl methyl sites for hydroxylation is 1. The predicted octanol–water partition coefficient (Wildman–Crippen LogP) is 2.47. The van der Waals surface area contributed by atoms with Crippen LogP contribution < -0.4 is 9.46 Å². The van der Waals surface area contributed by atoms with E-state index in [4.69, 9.17) is 4.74 Å². The first-order valence-corrected chi connectivity index (χ1v) is 12.1. The zero-order valence-corrected chi connectivity index (χ0v) is 16.7. The van der Waals surface area contributed by atoms with E-state index in [1.54, 1.807) is 6.92 Å². The molecule has 2 aromatic rings. The fraction of sp³-hybridized carbons (Fsp3) is 0.368. The molecule has 0 radical (unpaired) electrons. The number of benzene rings is 2. The van der Waals surface area contributed by atoms with E-state index < -0.39 is 19.9 Å². The van der Waals surface area contributed by atoms with E-state index in [2.05, 4.69) is 4.72 Å². The summed E-state index contributed by atoms with van der Waals surface area (Å²) in [5.74, 6) is 0.446. The van der Waals surface area contributed by atoms with Gasteiger partial charge in [-0.1, -0.05) is 31.2 Å². The molecule has 1 unspecified atom stereocenters. The van der Waals surface area contributed by atoms with Gasteiger partial charge < -0.3 is 4.74 Å². The van der Waals surface area contributed by atoms with Crippen LogP contribution in [0, 0.1) is 0 Å². The Morgan fingerprint density at radius 2 is 1.74 bits per heavy atom. The van der Waals surface area contributed by atoms with Crippen molar-refractivity contribution in [2.45, 2.75) is 30.7 Å². The molecular formula is C19H23NO5S2. The van der Waals surface area contributed by atoms with Crippen LogP contribution in [0.1, 0.15) is 30.5 Å². The molecule has 146 valence electrons. The van der Waals surface area contributed by atoms with E-state index in [9.17, 15) is 16.8 Å². The molecule has 0 amide bonds. The van der Waals surface area contributed by atoms with Crippen molar-refractivity contribution in [1.82, 2.24) is 4.72 Å². The second-order valence-corrected chi connectivity index (χ2v) is 10.7. The number of rotatable bonds is 8. The lowest BCUT2D eigenvalue weighted by Crippen LogP contribution is -2.27. The Kier molecular flexibility index (Phi) is 5.88. The number of hydrogen-bond acceptors (Lipinski definition) is 5. The van der Waals surface area contributed by atoms with Crippen molar-refractivity contribution in [3.63, 3.8) is 0 Å². The molecule has 27 heavy (non-hydrogen) atoms. The summed E-state index contributed by atoms with van der Waals surface area (Å²) in [5, 5.41) is 0. The highest BCUT2D eigenvalue weighted by Gasteiger charge is 2.27. The number of sulfone groups is 1.